The van der Waals surface area contributed by atoms with E-state index in [4.69, 9.17) is 9.47 Å². The molecule has 2 rings (SSSR count). The van der Waals surface area contributed by atoms with Gasteiger partial charge in [0.15, 0.2) is 6.61 Å². The van der Waals surface area contributed by atoms with Gasteiger partial charge in [-0.25, -0.2) is 4.98 Å². The molecule has 104 valence electrons. The van der Waals surface area contributed by atoms with Crippen molar-refractivity contribution in [1.29, 1.82) is 0 Å². The molecule has 0 bridgehead atoms. The van der Waals surface area contributed by atoms with Gasteiger partial charge in [0.2, 0.25) is 0 Å². The van der Waals surface area contributed by atoms with E-state index in [0.717, 1.165) is 5.75 Å². The van der Waals surface area contributed by atoms with Gasteiger partial charge < -0.3 is 14.8 Å². The number of hydrogen-bond donors (Lipinski definition) is 1. The number of amides is 1. The summed E-state index contributed by atoms with van der Waals surface area (Å²) < 4.78 is 10.7. The van der Waals surface area contributed by atoms with Crippen LogP contribution >= 0.6 is 0 Å². The average Bonchev–Trinajstić information content (AvgIpc) is 2.48. The van der Waals surface area contributed by atoms with Crippen LogP contribution in [-0.4, -0.2) is 24.1 Å². The zero-order valence-corrected chi connectivity index (χ0v) is 11.2. The van der Waals surface area contributed by atoms with Gasteiger partial charge >= 0.3 is 0 Å². The number of nitrogens with zero attached hydrogens (tertiary/aromatic N) is 1. The summed E-state index contributed by atoms with van der Waals surface area (Å²) in [5.41, 5.74) is 0. The molecule has 1 N–H and O–H groups in total. The Balaban J connectivity index is 1.81. The molecule has 0 aliphatic carbocycles. The topological polar surface area (TPSA) is 60.5 Å². The molecule has 20 heavy (non-hydrogen) atoms. The van der Waals surface area contributed by atoms with E-state index in [1.807, 2.05) is 6.92 Å². The molecule has 0 radical (unpaired) electrons. The van der Waals surface area contributed by atoms with Gasteiger partial charge in [-0.2, -0.15) is 0 Å². The largest absolute Gasteiger partial charge is 0.494 e. The maximum atomic E-state index is 11.7. The van der Waals surface area contributed by atoms with Crippen molar-refractivity contribution in [3.8, 4) is 11.5 Å². The number of carbonyl (C=O) groups is 1. The van der Waals surface area contributed by atoms with Crippen LogP contribution in [0.4, 0.5) is 5.82 Å². The highest BCUT2D eigenvalue weighted by atomic mass is 16.5. The summed E-state index contributed by atoms with van der Waals surface area (Å²) in [6.45, 7) is 2.48. The molecule has 0 aliphatic rings. The molecule has 0 aliphatic heterocycles. The Morgan fingerprint density at radius 3 is 2.40 bits per heavy atom. The number of aromatic nitrogens is 1. The van der Waals surface area contributed by atoms with Crippen LogP contribution in [0.5, 0.6) is 11.5 Å². The van der Waals surface area contributed by atoms with Gasteiger partial charge in [0.25, 0.3) is 5.91 Å². The van der Waals surface area contributed by atoms with Crippen molar-refractivity contribution >= 4 is 11.7 Å². The highest BCUT2D eigenvalue weighted by molar-refractivity contribution is 5.90. The number of benzene rings is 1. The van der Waals surface area contributed by atoms with E-state index in [-0.39, 0.29) is 12.5 Å². The maximum absolute atomic E-state index is 11.7. The Morgan fingerprint density at radius 2 is 1.80 bits per heavy atom. The normalized spacial score (nSPS) is 9.85. The van der Waals surface area contributed by atoms with E-state index in [2.05, 4.69) is 10.3 Å². The standard InChI is InChI=1S/C15H16N2O3/c1-2-19-12-6-8-13(9-7-12)20-11-15(18)17-14-5-3-4-10-16-14/h3-10H,2,11H2,1H3,(H,16,17,18). The average molecular weight is 272 g/mol. The van der Waals surface area contributed by atoms with E-state index >= 15 is 0 Å². The van der Waals surface area contributed by atoms with Gasteiger partial charge in [0.05, 0.1) is 6.61 Å². The Bertz CT molecular complexity index is 541. The predicted octanol–water partition coefficient (Wildman–Crippen LogP) is 2.50. The monoisotopic (exact) mass is 272 g/mol. The highest BCUT2D eigenvalue weighted by Gasteiger charge is 2.04. The molecule has 0 unspecified atom stereocenters. The summed E-state index contributed by atoms with van der Waals surface area (Å²) in [6.07, 6.45) is 1.61. The van der Waals surface area contributed by atoms with Crippen LogP contribution in [0.15, 0.2) is 48.7 Å². The zero-order valence-electron chi connectivity index (χ0n) is 11.2. The summed E-state index contributed by atoms with van der Waals surface area (Å²) in [6, 6.07) is 12.4. The van der Waals surface area contributed by atoms with Crippen LogP contribution in [0.2, 0.25) is 0 Å². The zero-order chi connectivity index (χ0) is 14.2. The second-order valence-corrected chi connectivity index (χ2v) is 3.96. The SMILES string of the molecule is CCOc1ccc(OCC(=O)Nc2ccccn2)cc1. The minimum Gasteiger partial charge on any atom is -0.494 e. The minimum absolute atomic E-state index is 0.0649. The molecule has 1 aromatic heterocycles. The smallest absolute Gasteiger partial charge is 0.263 e. The molecule has 0 spiro atoms. The van der Waals surface area contributed by atoms with Crippen molar-refractivity contribution in [2.75, 3.05) is 18.5 Å². The molecule has 1 heterocycles. The fraction of sp³-hybridized carbons (Fsp3) is 0.200. The lowest BCUT2D eigenvalue weighted by Gasteiger charge is -2.08. The molecule has 2 aromatic rings. The van der Waals surface area contributed by atoms with Crippen molar-refractivity contribution in [3.63, 3.8) is 0 Å². The van der Waals surface area contributed by atoms with E-state index in [9.17, 15) is 4.79 Å². The van der Waals surface area contributed by atoms with Crippen LogP contribution in [0.25, 0.3) is 0 Å². The van der Waals surface area contributed by atoms with Crippen molar-refractivity contribution in [3.05, 3.63) is 48.7 Å². The quantitative estimate of drug-likeness (QED) is 0.877. The Morgan fingerprint density at radius 1 is 1.10 bits per heavy atom. The van der Waals surface area contributed by atoms with Crippen LogP contribution in [-0.2, 0) is 4.79 Å². The van der Waals surface area contributed by atoms with Gasteiger partial charge in [-0.05, 0) is 43.3 Å². The third kappa shape index (κ3) is 4.28. The number of anilines is 1. The van der Waals surface area contributed by atoms with Gasteiger partial charge in [-0.1, -0.05) is 6.07 Å². The summed E-state index contributed by atoms with van der Waals surface area (Å²) in [5, 5.41) is 2.64. The van der Waals surface area contributed by atoms with E-state index in [0.29, 0.717) is 18.2 Å². The van der Waals surface area contributed by atoms with Gasteiger partial charge in [-0.3, -0.25) is 4.79 Å². The van der Waals surface area contributed by atoms with Gasteiger partial charge in [0.1, 0.15) is 17.3 Å². The number of rotatable bonds is 6. The Kier molecular flexibility index (Phi) is 4.94. The lowest BCUT2D eigenvalue weighted by Crippen LogP contribution is -2.20. The maximum Gasteiger partial charge on any atom is 0.263 e. The molecule has 0 saturated carbocycles. The van der Waals surface area contributed by atoms with Crippen LogP contribution in [0, 0.1) is 0 Å². The molecule has 0 saturated heterocycles. The molecule has 0 fully saturated rings. The lowest BCUT2D eigenvalue weighted by molar-refractivity contribution is -0.118. The van der Waals surface area contributed by atoms with Crippen molar-refractivity contribution in [2.45, 2.75) is 6.92 Å². The first-order valence-corrected chi connectivity index (χ1v) is 6.34. The predicted molar refractivity (Wildman–Crippen MR) is 76.0 cm³/mol. The van der Waals surface area contributed by atoms with E-state index in [1.54, 1.807) is 48.7 Å². The minimum atomic E-state index is -0.252. The fourth-order valence-corrected chi connectivity index (χ4v) is 1.56. The molecule has 1 amide bonds. The lowest BCUT2D eigenvalue weighted by atomic mass is 10.3. The second kappa shape index (κ2) is 7.13. The molecule has 1 aromatic carbocycles. The van der Waals surface area contributed by atoms with E-state index in [1.165, 1.54) is 0 Å². The van der Waals surface area contributed by atoms with Crippen molar-refractivity contribution in [2.24, 2.45) is 0 Å². The fourth-order valence-electron chi connectivity index (χ4n) is 1.56. The summed E-state index contributed by atoms with van der Waals surface area (Å²) in [7, 11) is 0. The first-order valence-electron chi connectivity index (χ1n) is 6.34. The van der Waals surface area contributed by atoms with Crippen LogP contribution in [0.1, 0.15) is 6.92 Å². The number of carbonyl (C=O) groups excluding carboxylic acids is 1. The number of pyridine rings is 1. The molecule has 0 atom stereocenters. The third-order valence-corrected chi connectivity index (χ3v) is 2.44. The van der Waals surface area contributed by atoms with Gasteiger partial charge in [-0.15, -0.1) is 0 Å². The second-order valence-electron chi connectivity index (χ2n) is 3.96. The number of hydrogen-bond acceptors (Lipinski definition) is 4. The summed E-state index contributed by atoms with van der Waals surface area (Å²) in [4.78, 5) is 15.7. The van der Waals surface area contributed by atoms with Gasteiger partial charge in [0, 0.05) is 6.20 Å². The van der Waals surface area contributed by atoms with Crippen LogP contribution in [0.3, 0.4) is 0 Å². The summed E-state index contributed by atoms with van der Waals surface area (Å²) >= 11 is 0. The Labute approximate surface area is 117 Å². The molecular weight excluding hydrogens is 256 g/mol. The third-order valence-electron chi connectivity index (χ3n) is 2.44. The number of ether oxygens (including phenoxy) is 2. The van der Waals surface area contributed by atoms with Crippen molar-refractivity contribution < 1.29 is 14.3 Å². The molecular formula is C15H16N2O3. The molecule has 5 heteroatoms. The number of nitrogens with one attached hydrogen (secondary N) is 1. The summed E-state index contributed by atoms with van der Waals surface area (Å²) in [5.74, 6) is 1.65. The van der Waals surface area contributed by atoms with Crippen LogP contribution < -0.4 is 14.8 Å². The van der Waals surface area contributed by atoms with E-state index < -0.39 is 0 Å². The first-order chi connectivity index (χ1) is 9.78. The Hall–Kier alpha value is -2.56. The highest BCUT2D eigenvalue weighted by Crippen LogP contribution is 2.17. The van der Waals surface area contributed by atoms with Crippen molar-refractivity contribution in [1.82, 2.24) is 4.98 Å². The first kappa shape index (κ1) is 13.9. The molecule has 5 nitrogen and oxygen atoms in total.